The maximum absolute atomic E-state index is 12.0. The molecule has 1 aliphatic rings. The van der Waals surface area contributed by atoms with Crippen molar-refractivity contribution in [2.24, 2.45) is 12.5 Å². The van der Waals surface area contributed by atoms with E-state index in [1.807, 2.05) is 0 Å². The molecule has 96 valence electrons. The summed E-state index contributed by atoms with van der Waals surface area (Å²) >= 11 is 0. The standard InChI is InChI=1S/C9H16N4O3S/c1-13-6-11-7(10)8(13)17(15,16)12-4-9(5-14)2-3-9/h6,12,14H,2-5,10H2,1H3. The van der Waals surface area contributed by atoms with Gasteiger partial charge in [-0.25, -0.2) is 18.1 Å². The number of nitrogen functional groups attached to an aromatic ring is 1. The number of hydrogen-bond acceptors (Lipinski definition) is 5. The third-order valence-electron chi connectivity index (χ3n) is 3.09. The van der Waals surface area contributed by atoms with Crippen LogP contribution in [0, 0.1) is 5.41 Å². The van der Waals surface area contributed by atoms with E-state index in [0.717, 1.165) is 12.8 Å². The maximum Gasteiger partial charge on any atom is 0.260 e. The first kappa shape index (κ1) is 12.3. The molecule has 0 saturated heterocycles. The molecular formula is C9H16N4O3S. The van der Waals surface area contributed by atoms with E-state index in [2.05, 4.69) is 9.71 Å². The lowest BCUT2D eigenvalue weighted by Gasteiger charge is -2.13. The number of nitrogens with one attached hydrogen (secondary N) is 1. The third-order valence-corrected chi connectivity index (χ3v) is 4.62. The molecule has 2 rings (SSSR count). The van der Waals surface area contributed by atoms with E-state index in [0.29, 0.717) is 0 Å². The minimum Gasteiger partial charge on any atom is -0.396 e. The fourth-order valence-corrected chi connectivity index (χ4v) is 3.04. The number of aliphatic hydroxyl groups is 1. The predicted molar refractivity (Wildman–Crippen MR) is 61.6 cm³/mol. The van der Waals surface area contributed by atoms with Crippen molar-refractivity contribution in [3.63, 3.8) is 0 Å². The van der Waals surface area contributed by atoms with Crippen LogP contribution in [0.3, 0.4) is 0 Å². The summed E-state index contributed by atoms with van der Waals surface area (Å²) in [7, 11) is -2.10. The van der Waals surface area contributed by atoms with Crippen LogP contribution in [0.25, 0.3) is 0 Å². The summed E-state index contributed by atoms with van der Waals surface area (Å²) in [6.07, 6.45) is 3.03. The quantitative estimate of drug-likeness (QED) is 0.632. The van der Waals surface area contributed by atoms with E-state index in [9.17, 15) is 8.42 Å². The average molecular weight is 260 g/mol. The second-order valence-electron chi connectivity index (χ2n) is 4.53. The van der Waals surface area contributed by atoms with Gasteiger partial charge in [-0.1, -0.05) is 0 Å². The van der Waals surface area contributed by atoms with Crippen LogP contribution in [-0.4, -0.2) is 36.2 Å². The van der Waals surface area contributed by atoms with Crippen LogP contribution in [0.5, 0.6) is 0 Å². The zero-order chi connectivity index (χ0) is 12.7. The molecule has 0 bridgehead atoms. The Kier molecular flexibility index (Phi) is 2.88. The van der Waals surface area contributed by atoms with Crippen molar-refractivity contribution in [3.05, 3.63) is 6.33 Å². The first-order chi connectivity index (χ1) is 7.90. The molecule has 0 spiro atoms. The number of rotatable bonds is 5. The molecule has 0 unspecified atom stereocenters. The number of imidazole rings is 1. The Morgan fingerprint density at radius 3 is 2.71 bits per heavy atom. The number of aliphatic hydroxyl groups excluding tert-OH is 1. The van der Waals surface area contributed by atoms with Crippen LogP contribution in [0.1, 0.15) is 12.8 Å². The molecule has 7 nitrogen and oxygen atoms in total. The summed E-state index contributed by atoms with van der Waals surface area (Å²) in [4.78, 5) is 3.73. The number of nitrogens with two attached hydrogens (primary N) is 1. The van der Waals surface area contributed by atoms with E-state index in [4.69, 9.17) is 10.8 Å². The molecule has 0 amide bonds. The normalized spacial score (nSPS) is 18.2. The molecule has 17 heavy (non-hydrogen) atoms. The molecule has 1 fully saturated rings. The lowest BCUT2D eigenvalue weighted by Crippen LogP contribution is -2.33. The Morgan fingerprint density at radius 1 is 1.65 bits per heavy atom. The van der Waals surface area contributed by atoms with Crippen molar-refractivity contribution < 1.29 is 13.5 Å². The highest BCUT2D eigenvalue weighted by Crippen LogP contribution is 2.44. The summed E-state index contributed by atoms with van der Waals surface area (Å²) in [5.41, 5.74) is 5.24. The lowest BCUT2D eigenvalue weighted by molar-refractivity contribution is 0.213. The highest BCUT2D eigenvalue weighted by Gasteiger charge is 2.43. The smallest absolute Gasteiger partial charge is 0.260 e. The number of nitrogens with zero attached hydrogens (tertiary/aromatic N) is 2. The van der Waals surface area contributed by atoms with Crippen LogP contribution in [0.2, 0.25) is 0 Å². The summed E-state index contributed by atoms with van der Waals surface area (Å²) < 4.78 is 27.8. The summed E-state index contributed by atoms with van der Waals surface area (Å²) in [5.74, 6) is -0.0196. The van der Waals surface area contributed by atoms with Crippen LogP contribution in [-0.2, 0) is 17.1 Å². The van der Waals surface area contributed by atoms with Crippen molar-refractivity contribution in [2.45, 2.75) is 17.9 Å². The minimum atomic E-state index is -3.67. The second-order valence-corrected chi connectivity index (χ2v) is 6.21. The lowest BCUT2D eigenvalue weighted by atomic mass is 10.1. The van der Waals surface area contributed by atoms with Gasteiger partial charge in [-0.15, -0.1) is 0 Å². The Labute approximate surface area is 99.7 Å². The van der Waals surface area contributed by atoms with Gasteiger partial charge in [0.15, 0.2) is 10.8 Å². The zero-order valence-electron chi connectivity index (χ0n) is 9.55. The number of aryl methyl sites for hydroxylation is 1. The SMILES string of the molecule is Cn1cnc(N)c1S(=O)(=O)NCC1(CO)CC1. The van der Waals surface area contributed by atoms with Crippen LogP contribution in [0.15, 0.2) is 11.4 Å². The first-order valence-corrected chi connectivity index (χ1v) is 6.76. The predicted octanol–water partition coefficient (Wildman–Crippen LogP) is -0.947. The maximum atomic E-state index is 12.0. The number of anilines is 1. The summed E-state index contributed by atoms with van der Waals surface area (Å²) in [6, 6.07) is 0. The Balaban J connectivity index is 2.15. The molecule has 0 aromatic carbocycles. The van der Waals surface area contributed by atoms with Crippen molar-refractivity contribution in [3.8, 4) is 0 Å². The van der Waals surface area contributed by atoms with E-state index in [1.54, 1.807) is 7.05 Å². The summed E-state index contributed by atoms with van der Waals surface area (Å²) in [5, 5.41) is 9.08. The van der Waals surface area contributed by atoms with Gasteiger partial charge in [0.25, 0.3) is 10.0 Å². The van der Waals surface area contributed by atoms with Gasteiger partial charge in [0.2, 0.25) is 0 Å². The van der Waals surface area contributed by atoms with Crippen LogP contribution in [0.4, 0.5) is 5.82 Å². The van der Waals surface area contributed by atoms with E-state index in [1.165, 1.54) is 10.9 Å². The monoisotopic (exact) mass is 260 g/mol. The molecule has 1 aliphatic carbocycles. The molecule has 4 N–H and O–H groups in total. The fourth-order valence-electron chi connectivity index (χ4n) is 1.65. The molecule has 0 atom stereocenters. The van der Waals surface area contributed by atoms with Crippen LogP contribution < -0.4 is 10.5 Å². The van der Waals surface area contributed by atoms with Gasteiger partial charge in [0.1, 0.15) is 0 Å². The highest BCUT2D eigenvalue weighted by atomic mass is 32.2. The van der Waals surface area contributed by atoms with E-state index in [-0.39, 0.29) is 29.4 Å². The van der Waals surface area contributed by atoms with Crippen molar-refractivity contribution in [2.75, 3.05) is 18.9 Å². The molecule has 1 heterocycles. The van der Waals surface area contributed by atoms with Crippen LogP contribution >= 0.6 is 0 Å². The fraction of sp³-hybridized carbons (Fsp3) is 0.667. The zero-order valence-corrected chi connectivity index (χ0v) is 10.4. The van der Waals surface area contributed by atoms with Crippen molar-refractivity contribution in [1.29, 1.82) is 0 Å². The van der Waals surface area contributed by atoms with Gasteiger partial charge in [-0.3, -0.25) is 0 Å². The van der Waals surface area contributed by atoms with Crippen molar-refractivity contribution >= 4 is 15.8 Å². The first-order valence-electron chi connectivity index (χ1n) is 5.28. The molecule has 1 aromatic heterocycles. The van der Waals surface area contributed by atoms with Gasteiger partial charge < -0.3 is 15.4 Å². The average Bonchev–Trinajstić information content (AvgIpc) is 2.97. The largest absolute Gasteiger partial charge is 0.396 e. The van der Waals surface area contributed by atoms with E-state index >= 15 is 0 Å². The molecular weight excluding hydrogens is 244 g/mol. The summed E-state index contributed by atoms with van der Waals surface area (Å²) in [6.45, 7) is 0.229. The number of aromatic nitrogens is 2. The minimum absolute atomic E-state index is 0.00358. The topological polar surface area (TPSA) is 110 Å². The molecule has 1 saturated carbocycles. The van der Waals surface area contributed by atoms with Crippen molar-refractivity contribution in [1.82, 2.24) is 14.3 Å². The molecule has 0 radical (unpaired) electrons. The Hall–Kier alpha value is -1.12. The van der Waals surface area contributed by atoms with Gasteiger partial charge >= 0.3 is 0 Å². The van der Waals surface area contributed by atoms with Gasteiger partial charge in [0.05, 0.1) is 6.33 Å². The third kappa shape index (κ3) is 2.28. The van der Waals surface area contributed by atoms with E-state index < -0.39 is 10.0 Å². The molecule has 1 aromatic rings. The van der Waals surface area contributed by atoms with Gasteiger partial charge in [-0.05, 0) is 12.8 Å². The number of sulfonamides is 1. The highest BCUT2D eigenvalue weighted by molar-refractivity contribution is 7.89. The van der Waals surface area contributed by atoms with Gasteiger partial charge in [-0.2, -0.15) is 0 Å². The Bertz CT molecular complexity index is 499. The van der Waals surface area contributed by atoms with Gasteiger partial charge in [0, 0.05) is 25.6 Å². The Morgan fingerprint density at radius 2 is 2.29 bits per heavy atom. The number of hydrogen-bond donors (Lipinski definition) is 3. The molecule has 0 aliphatic heterocycles. The second kappa shape index (κ2) is 3.97. The molecule has 8 heteroatoms.